The lowest BCUT2D eigenvalue weighted by Gasteiger charge is -2.28. The van der Waals surface area contributed by atoms with Gasteiger partial charge in [0.05, 0.1) is 0 Å². The Bertz CT molecular complexity index is 419. The number of benzene rings is 1. The first kappa shape index (κ1) is 15.0. The van der Waals surface area contributed by atoms with E-state index < -0.39 is 0 Å². The Morgan fingerprint density at radius 1 is 1.37 bits per heavy atom. The highest BCUT2D eigenvalue weighted by molar-refractivity contribution is 9.10. The maximum absolute atomic E-state index is 3.73. The third-order valence-electron chi connectivity index (χ3n) is 4.28. The molecule has 0 aromatic heterocycles. The number of hydrogen-bond donors (Lipinski definition) is 1. The maximum Gasteiger partial charge on any atom is 0.0250 e. The Morgan fingerprint density at radius 3 is 2.79 bits per heavy atom. The average molecular weight is 325 g/mol. The minimum absolute atomic E-state index is 0.717. The lowest BCUT2D eigenvalue weighted by molar-refractivity contribution is 0.189. The summed E-state index contributed by atoms with van der Waals surface area (Å²) in [6, 6.07) is 8.23. The summed E-state index contributed by atoms with van der Waals surface area (Å²) in [5, 5.41) is 3.20. The van der Waals surface area contributed by atoms with Crippen molar-refractivity contribution in [3.63, 3.8) is 0 Å². The van der Waals surface area contributed by atoms with Gasteiger partial charge >= 0.3 is 0 Å². The fourth-order valence-corrected chi connectivity index (χ4v) is 3.63. The number of nitrogens with zero attached hydrogens (tertiary/aromatic N) is 1. The van der Waals surface area contributed by atoms with Gasteiger partial charge in [0.25, 0.3) is 0 Å². The van der Waals surface area contributed by atoms with Gasteiger partial charge in [0.1, 0.15) is 0 Å². The number of rotatable bonds is 5. The molecule has 2 unspecified atom stereocenters. The molecule has 2 atom stereocenters. The summed E-state index contributed by atoms with van der Waals surface area (Å²) in [4.78, 5) is 2.66. The molecular formula is C16H25BrN2. The molecule has 1 fully saturated rings. The van der Waals surface area contributed by atoms with Crippen LogP contribution in [0.25, 0.3) is 0 Å². The molecule has 0 aliphatic carbocycles. The van der Waals surface area contributed by atoms with Gasteiger partial charge in [-0.05, 0) is 50.4 Å². The van der Waals surface area contributed by atoms with Crippen molar-refractivity contribution >= 4 is 15.9 Å². The van der Waals surface area contributed by atoms with Crippen LogP contribution >= 0.6 is 15.9 Å². The van der Waals surface area contributed by atoms with Gasteiger partial charge in [-0.15, -0.1) is 0 Å². The predicted molar refractivity (Wildman–Crippen MR) is 85.2 cm³/mol. The zero-order chi connectivity index (χ0) is 13.8. The van der Waals surface area contributed by atoms with Gasteiger partial charge in [0.15, 0.2) is 0 Å². The van der Waals surface area contributed by atoms with Gasteiger partial charge in [-0.25, -0.2) is 0 Å². The predicted octanol–water partition coefficient (Wildman–Crippen LogP) is 3.93. The second-order valence-electron chi connectivity index (χ2n) is 5.62. The second kappa shape index (κ2) is 6.87. The van der Waals surface area contributed by atoms with E-state index in [1.54, 1.807) is 0 Å². The first-order valence-electron chi connectivity index (χ1n) is 7.33. The van der Waals surface area contributed by atoms with Gasteiger partial charge in [-0.2, -0.15) is 0 Å². The van der Waals surface area contributed by atoms with Gasteiger partial charge in [-0.3, -0.25) is 4.90 Å². The van der Waals surface area contributed by atoms with Crippen molar-refractivity contribution in [2.45, 2.75) is 58.3 Å². The largest absolute Gasteiger partial charge is 0.316 e. The summed E-state index contributed by atoms with van der Waals surface area (Å²) in [7, 11) is 1.99. The monoisotopic (exact) mass is 324 g/mol. The van der Waals surface area contributed by atoms with Crippen LogP contribution in [0.3, 0.4) is 0 Å². The summed E-state index contributed by atoms with van der Waals surface area (Å²) < 4.78 is 1.24. The molecule has 1 aliphatic heterocycles. The Kier molecular flexibility index (Phi) is 5.43. The van der Waals surface area contributed by atoms with Crippen LogP contribution in [0.5, 0.6) is 0 Å². The van der Waals surface area contributed by atoms with Crippen molar-refractivity contribution < 1.29 is 0 Å². The second-order valence-corrected chi connectivity index (χ2v) is 6.47. The Labute approximate surface area is 125 Å². The Morgan fingerprint density at radius 2 is 2.16 bits per heavy atom. The van der Waals surface area contributed by atoms with Crippen LogP contribution in [0.2, 0.25) is 0 Å². The standard InChI is InChI=1S/C16H25BrN2/c1-4-15-8-5-12(2)19(15)11-14-7-6-13(10-18-3)9-16(14)17/h6-7,9,12,15,18H,4-5,8,10-11H2,1-3H3. The van der Waals surface area contributed by atoms with Gasteiger partial charge in [-0.1, -0.05) is 35.0 Å². The van der Waals surface area contributed by atoms with Gasteiger partial charge < -0.3 is 5.32 Å². The van der Waals surface area contributed by atoms with Crippen LogP contribution in [-0.4, -0.2) is 24.0 Å². The Hall–Kier alpha value is -0.380. The van der Waals surface area contributed by atoms with Gasteiger partial charge in [0.2, 0.25) is 0 Å². The summed E-state index contributed by atoms with van der Waals surface area (Å²) in [6.07, 6.45) is 3.96. The fraction of sp³-hybridized carbons (Fsp3) is 0.625. The molecule has 1 aromatic carbocycles. The molecule has 3 heteroatoms. The average Bonchev–Trinajstić information content (AvgIpc) is 2.74. The lowest BCUT2D eigenvalue weighted by Crippen LogP contribution is -2.33. The number of nitrogens with one attached hydrogen (secondary N) is 1. The van der Waals surface area contributed by atoms with Crippen LogP contribution in [0.15, 0.2) is 22.7 Å². The van der Waals surface area contributed by atoms with Crippen molar-refractivity contribution in [3.05, 3.63) is 33.8 Å². The highest BCUT2D eigenvalue weighted by atomic mass is 79.9. The zero-order valence-corrected chi connectivity index (χ0v) is 13.8. The van der Waals surface area contributed by atoms with E-state index in [9.17, 15) is 0 Å². The van der Waals surface area contributed by atoms with Crippen LogP contribution in [-0.2, 0) is 13.1 Å². The topological polar surface area (TPSA) is 15.3 Å². The highest BCUT2D eigenvalue weighted by Crippen LogP contribution is 2.30. The van der Waals surface area contributed by atoms with Crippen LogP contribution in [0.1, 0.15) is 44.2 Å². The van der Waals surface area contributed by atoms with Crippen LogP contribution in [0, 0.1) is 0 Å². The molecule has 0 spiro atoms. The molecule has 0 bridgehead atoms. The number of hydrogen-bond acceptors (Lipinski definition) is 2. The van der Waals surface area contributed by atoms with Crippen LogP contribution < -0.4 is 5.32 Å². The molecule has 2 nitrogen and oxygen atoms in total. The van der Waals surface area contributed by atoms with Crippen molar-refractivity contribution in [2.75, 3.05) is 7.05 Å². The number of halogens is 1. The summed E-state index contributed by atoms with van der Waals surface area (Å²) in [6.45, 7) is 6.66. The van der Waals surface area contributed by atoms with Gasteiger partial charge in [0, 0.05) is 29.6 Å². The van der Waals surface area contributed by atoms with Crippen molar-refractivity contribution in [3.8, 4) is 0 Å². The molecule has 19 heavy (non-hydrogen) atoms. The minimum atomic E-state index is 0.717. The smallest absolute Gasteiger partial charge is 0.0250 e. The normalized spacial score (nSPS) is 24.0. The third kappa shape index (κ3) is 3.59. The SMILES string of the molecule is CCC1CCC(C)N1Cc1ccc(CNC)cc1Br. The molecule has 1 heterocycles. The van der Waals surface area contributed by atoms with E-state index in [4.69, 9.17) is 0 Å². The van der Waals surface area contributed by atoms with E-state index in [1.165, 1.54) is 34.9 Å². The molecule has 0 amide bonds. The lowest BCUT2D eigenvalue weighted by atomic mass is 10.1. The zero-order valence-electron chi connectivity index (χ0n) is 12.2. The molecule has 106 valence electrons. The van der Waals surface area contributed by atoms with Crippen molar-refractivity contribution in [1.29, 1.82) is 0 Å². The molecule has 1 aromatic rings. The minimum Gasteiger partial charge on any atom is -0.316 e. The van der Waals surface area contributed by atoms with E-state index in [0.717, 1.165) is 19.1 Å². The molecule has 2 rings (SSSR count). The first-order chi connectivity index (χ1) is 9.15. The Balaban J connectivity index is 2.10. The molecule has 1 saturated heterocycles. The highest BCUT2D eigenvalue weighted by Gasteiger charge is 2.29. The van der Waals surface area contributed by atoms with E-state index in [-0.39, 0.29) is 0 Å². The van der Waals surface area contributed by atoms with E-state index in [1.807, 2.05) is 7.05 Å². The molecule has 1 N–H and O–H groups in total. The third-order valence-corrected chi connectivity index (χ3v) is 5.01. The molecule has 1 aliphatic rings. The summed E-state index contributed by atoms with van der Waals surface area (Å²) in [5.41, 5.74) is 2.74. The van der Waals surface area contributed by atoms with Crippen molar-refractivity contribution in [1.82, 2.24) is 10.2 Å². The quantitative estimate of drug-likeness (QED) is 0.882. The summed E-state index contributed by atoms with van der Waals surface area (Å²) >= 11 is 3.73. The molecule has 0 saturated carbocycles. The molecule has 0 radical (unpaired) electrons. The van der Waals surface area contributed by atoms with E-state index in [0.29, 0.717) is 6.04 Å². The first-order valence-corrected chi connectivity index (χ1v) is 8.12. The maximum atomic E-state index is 3.73. The van der Waals surface area contributed by atoms with E-state index in [2.05, 4.69) is 58.2 Å². The number of likely N-dealkylation sites (tertiary alicyclic amines) is 1. The fourth-order valence-electron chi connectivity index (χ4n) is 3.08. The van der Waals surface area contributed by atoms with Crippen molar-refractivity contribution in [2.24, 2.45) is 0 Å². The molecular weight excluding hydrogens is 300 g/mol. The van der Waals surface area contributed by atoms with E-state index >= 15 is 0 Å². The van der Waals surface area contributed by atoms with Crippen LogP contribution in [0.4, 0.5) is 0 Å². The summed E-state index contributed by atoms with van der Waals surface area (Å²) in [5.74, 6) is 0.